The van der Waals surface area contributed by atoms with E-state index >= 15 is 0 Å². The highest BCUT2D eigenvalue weighted by Crippen LogP contribution is 2.23. The fraction of sp³-hybridized carbons (Fsp3) is 0.200. The highest BCUT2D eigenvalue weighted by Gasteiger charge is 2.13. The van der Waals surface area contributed by atoms with Crippen molar-refractivity contribution in [1.82, 2.24) is 4.98 Å². The first kappa shape index (κ1) is 13.6. The molecule has 0 saturated heterocycles. The van der Waals surface area contributed by atoms with E-state index in [0.717, 1.165) is 23.2 Å². The number of halogens is 1. The molecule has 1 heterocycles. The molecule has 1 aromatic carbocycles. The Morgan fingerprint density at radius 3 is 2.84 bits per heavy atom. The normalized spacial score (nSPS) is 10.3. The van der Waals surface area contributed by atoms with Crippen LogP contribution < -0.4 is 5.32 Å². The van der Waals surface area contributed by atoms with Gasteiger partial charge in [0.15, 0.2) is 0 Å². The van der Waals surface area contributed by atoms with Gasteiger partial charge in [-0.3, -0.25) is 9.78 Å². The van der Waals surface area contributed by atoms with Crippen LogP contribution in [-0.4, -0.2) is 10.9 Å². The Morgan fingerprint density at radius 1 is 1.37 bits per heavy atom. The molecule has 2 rings (SSSR count). The summed E-state index contributed by atoms with van der Waals surface area (Å²) in [6.45, 7) is 4.03. The van der Waals surface area contributed by atoms with E-state index in [1.54, 1.807) is 12.3 Å². The zero-order valence-electron chi connectivity index (χ0n) is 10.9. The van der Waals surface area contributed by atoms with Gasteiger partial charge < -0.3 is 5.32 Å². The standard InChI is InChI=1S/C15H15ClN2O/c1-3-11-6-4-5-10(2)14(11)18-15(19)12-7-8-17-9-13(12)16/h4-9H,3H2,1-2H3,(H,18,19). The minimum absolute atomic E-state index is 0.212. The summed E-state index contributed by atoms with van der Waals surface area (Å²) in [5.74, 6) is -0.212. The van der Waals surface area contributed by atoms with Gasteiger partial charge in [-0.2, -0.15) is 0 Å². The van der Waals surface area contributed by atoms with Crippen molar-refractivity contribution in [1.29, 1.82) is 0 Å². The Bertz CT molecular complexity index is 611. The third-order valence-corrected chi connectivity index (χ3v) is 3.30. The number of para-hydroxylation sites is 1. The molecular formula is C15H15ClN2O. The van der Waals surface area contributed by atoms with Crippen LogP contribution in [0.5, 0.6) is 0 Å². The summed E-state index contributed by atoms with van der Waals surface area (Å²) in [6, 6.07) is 7.59. The largest absolute Gasteiger partial charge is 0.321 e. The van der Waals surface area contributed by atoms with E-state index in [-0.39, 0.29) is 5.91 Å². The lowest BCUT2D eigenvalue weighted by Gasteiger charge is -2.13. The number of amides is 1. The second-order valence-corrected chi connectivity index (χ2v) is 4.68. The number of pyridine rings is 1. The number of nitrogens with one attached hydrogen (secondary N) is 1. The van der Waals surface area contributed by atoms with Crippen LogP contribution in [0, 0.1) is 6.92 Å². The van der Waals surface area contributed by atoms with Crippen molar-refractivity contribution in [2.24, 2.45) is 0 Å². The monoisotopic (exact) mass is 274 g/mol. The van der Waals surface area contributed by atoms with Gasteiger partial charge in [0.1, 0.15) is 0 Å². The first-order chi connectivity index (χ1) is 9.13. The van der Waals surface area contributed by atoms with Crippen molar-refractivity contribution in [3.63, 3.8) is 0 Å². The molecule has 0 radical (unpaired) electrons. The molecular weight excluding hydrogens is 260 g/mol. The lowest BCUT2D eigenvalue weighted by Crippen LogP contribution is -2.14. The topological polar surface area (TPSA) is 42.0 Å². The molecule has 0 fully saturated rings. The van der Waals surface area contributed by atoms with Crippen LogP contribution in [0.3, 0.4) is 0 Å². The van der Waals surface area contributed by atoms with Gasteiger partial charge >= 0.3 is 0 Å². The summed E-state index contributed by atoms with van der Waals surface area (Å²) < 4.78 is 0. The Kier molecular flexibility index (Phi) is 4.17. The van der Waals surface area contributed by atoms with Gasteiger partial charge in [-0.1, -0.05) is 36.7 Å². The van der Waals surface area contributed by atoms with Crippen LogP contribution in [0.15, 0.2) is 36.7 Å². The third-order valence-electron chi connectivity index (χ3n) is 3.00. The van der Waals surface area contributed by atoms with Gasteiger partial charge in [0.05, 0.1) is 10.6 Å². The van der Waals surface area contributed by atoms with Gasteiger partial charge in [0, 0.05) is 18.1 Å². The zero-order chi connectivity index (χ0) is 13.8. The lowest BCUT2D eigenvalue weighted by molar-refractivity contribution is 0.102. The van der Waals surface area contributed by atoms with Crippen molar-refractivity contribution in [3.05, 3.63) is 58.4 Å². The molecule has 0 aliphatic carbocycles. The third kappa shape index (κ3) is 2.93. The fourth-order valence-electron chi connectivity index (χ4n) is 1.94. The predicted octanol–water partition coefficient (Wildman–Crippen LogP) is 3.86. The van der Waals surface area contributed by atoms with Crippen LogP contribution in [-0.2, 0) is 6.42 Å². The maximum Gasteiger partial charge on any atom is 0.257 e. The molecule has 1 aromatic heterocycles. The van der Waals surface area contributed by atoms with Crippen molar-refractivity contribution in [2.45, 2.75) is 20.3 Å². The quantitative estimate of drug-likeness (QED) is 0.923. The first-order valence-corrected chi connectivity index (χ1v) is 6.50. The molecule has 2 aromatic rings. The van der Waals surface area contributed by atoms with Gasteiger partial charge in [0.2, 0.25) is 0 Å². The van der Waals surface area contributed by atoms with E-state index in [9.17, 15) is 4.79 Å². The average molecular weight is 275 g/mol. The Balaban J connectivity index is 2.32. The Labute approximate surface area is 117 Å². The van der Waals surface area contributed by atoms with Gasteiger partial charge in [-0.25, -0.2) is 0 Å². The van der Waals surface area contributed by atoms with Crippen LogP contribution in [0.2, 0.25) is 5.02 Å². The summed E-state index contributed by atoms with van der Waals surface area (Å²) in [5.41, 5.74) is 3.45. The summed E-state index contributed by atoms with van der Waals surface area (Å²) in [6.07, 6.45) is 3.88. The minimum Gasteiger partial charge on any atom is -0.321 e. The van der Waals surface area contributed by atoms with E-state index in [0.29, 0.717) is 10.6 Å². The summed E-state index contributed by atoms with van der Waals surface area (Å²) in [5, 5.41) is 3.29. The molecule has 0 bridgehead atoms. The highest BCUT2D eigenvalue weighted by atomic mass is 35.5. The van der Waals surface area contributed by atoms with Crippen molar-refractivity contribution in [3.8, 4) is 0 Å². The summed E-state index contributed by atoms with van der Waals surface area (Å²) in [7, 11) is 0. The molecule has 0 aliphatic heterocycles. The van der Waals surface area contributed by atoms with Crippen LogP contribution in [0.1, 0.15) is 28.4 Å². The predicted molar refractivity (Wildman–Crippen MR) is 77.8 cm³/mol. The van der Waals surface area contributed by atoms with Gasteiger partial charge in [-0.15, -0.1) is 0 Å². The highest BCUT2D eigenvalue weighted by molar-refractivity contribution is 6.34. The number of rotatable bonds is 3. The maximum absolute atomic E-state index is 12.2. The molecule has 1 N–H and O–H groups in total. The Hall–Kier alpha value is -1.87. The second kappa shape index (κ2) is 5.85. The molecule has 0 saturated carbocycles. The molecule has 0 unspecified atom stereocenters. The molecule has 0 spiro atoms. The van der Waals surface area contributed by atoms with Crippen molar-refractivity contribution >= 4 is 23.2 Å². The smallest absolute Gasteiger partial charge is 0.257 e. The van der Waals surface area contributed by atoms with Crippen LogP contribution >= 0.6 is 11.6 Å². The molecule has 0 aliphatic rings. The fourth-order valence-corrected chi connectivity index (χ4v) is 2.15. The first-order valence-electron chi connectivity index (χ1n) is 6.12. The number of aryl methyl sites for hydroxylation is 2. The minimum atomic E-state index is -0.212. The summed E-state index contributed by atoms with van der Waals surface area (Å²) >= 11 is 5.98. The van der Waals surface area contributed by atoms with E-state index in [1.807, 2.05) is 25.1 Å². The number of carbonyl (C=O) groups excluding carboxylic acids is 1. The second-order valence-electron chi connectivity index (χ2n) is 4.27. The van der Waals surface area contributed by atoms with E-state index in [4.69, 9.17) is 11.6 Å². The molecule has 19 heavy (non-hydrogen) atoms. The molecule has 1 amide bonds. The Morgan fingerprint density at radius 2 is 2.16 bits per heavy atom. The van der Waals surface area contributed by atoms with E-state index < -0.39 is 0 Å². The van der Waals surface area contributed by atoms with Gasteiger partial charge in [0.25, 0.3) is 5.91 Å². The number of aromatic nitrogens is 1. The van der Waals surface area contributed by atoms with E-state index in [2.05, 4.69) is 17.2 Å². The number of hydrogen-bond acceptors (Lipinski definition) is 2. The van der Waals surface area contributed by atoms with Crippen LogP contribution in [0.4, 0.5) is 5.69 Å². The van der Waals surface area contributed by atoms with Crippen LogP contribution in [0.25, 0.3) is 0 Å². The van der Waals surface area contributed by atoms with Gasteiger partial charge in [-0.05, 0) is 30.5 Å². The molecule has 3 nitrogen and oxygen atoms in total. The SMILES string of the molecule is CCc1cccc(C)c1NC(=O)c1ccncc1Cl. The maximum atomic E-state index is 12.2. The number of anilines is 1. The summed E-state index contributed by atoms with van der Waals surface area (Å²) in [4.78, 5) is 16.1. The zero-order valence-corrected chi connectivity index (χ0v) is 11.7. The van der Waals surface area contributed by atoms with Crippen molar-refractivity contribution in [2.75, 3.05) is 5.32 Å². The van der Waals surface area contributed by atoms with Crippen molar-refractivity contribution < 1.29 is 4.79 Å². The number of benzene rings is 1. The number of carbonyl (C=O) groups is 1. The molecule has 0 atom stereocenters. The van der Waals surface area contributed by atoms with E-state index in [1.165, 1.54) is 6.20 Å². The number of nitrogens with zero attached hydrogens (tertiary/aromatic N) is 1. The average Bonchev–Trinajstić information content (AvgIpc) is 2.41. The molecule has 4 heteroatoms. The lowest BCUT2D eigenvalue weighted by atomic mass is 10.1. The number of hydrogen-bond donors (Lipinski definition) is 1. The molecule has 98 valence electrons.